The van der Waals surface area contributed by atoms with Crippen LogP contribution < -0.4 is 4.74 Å². The summed E-state index contributed by atoms with van der Waals surface area (Å²) in [5.74, 6) is 0.674. The van der Waals surface area contributed by atoms with Gasteiger partial charge in [0, 0.05) is 15.6 Å². The van der Waals surface area contributed by atoms with Gasteiger partial charge in [0.2, 0.25) is 0 Å². The van der Waals surface area contributed by atoms with Crippen LogP contribution in [0.1, 0.15) is 28.4 Å². The molecule has 2 aromatic carbocycles. The highest BCUT2D eigenvalue weighted by Crippen LogP contribution is 2.37. The number of hydrogen-bond acceptors (Lipinski definition) is 2. The minimum Gasteiger partial charge on any atom is -0.484 e. The van der Waals surface area contributed by atoms with Crippen molar-refractivity contribution in [2.75, 3.05) is 0 Å². The molecule has 96 valence electrons. The van der Waals surface area contributed by atoms with E-state index in [0.29, 0.717) is 27.8 Å². The molecule has 0 fully saturated rings. The molecular formula is C15H10Cl2O2. The van der Waals surface area contributed by atoms with Gasteiger partial charge in [0.05, 0.1) is 12.0 Å². The number of hydrogen-bond donors (Lipinski definition) is 0. The molecule has 0 bridgehead atoms. The molecule has 1 atom stereocenters. The molecule has 1 aliphatic heterocycles. The third-order valence-corrected chi connectivity index (χ3v) is 3.70. The molecule has 0 radical (unpaired) electrons. The lowest BCUT2D eigenvalue weighted by atomic mass is 9.96. The number of rotatable bonds is 1. The topological polar surface area (TPSA) is 26.3 Å². The smallest absolute Gasteiger partial charge is 0.170 e. The van der Waals surface area contributed by atoms with Crippen molar-refractivity contribution >= 4 is 29.0 Å². The molecule has 1 heterocycles. The Morgan fingerprint density at radius 3 is 2.68 bits per heavy atom. The number of Topliss-reactive ketones (excluding diaryl/α,β-unsaturated/α-hetero) is 1. The maximum Gasteiger partial charge on any atom is 0.170 e. The van der Waals surface area contributed by atoms with E-state index in [1.165, 1.54) is 0 Å². The number of ether oxygens (including phenoxy) is 1. The summed E-state index contributed by atoms with van der Waals surface area (Å²) in [7, 11) is 0. The van der Waals surface area contributed by atoms with Crippen LogP contribution in [0.25, 0.3) is 0 Å². The molecule has 1 aliphatic rings. The van der Waals surface area contributed by atoms with E-state index >= 15 is 0 Å². The normalized spacial score (nSPS) is 17.8. The van der Waals surface area contributed by atoms with E-state index in [9.17, 15) is 4.79 Å². The SMILES string of the molecule is O=C1CC(c2ccc(Cl)cc2Cl)Oc2ccccc21. The lowest BCUT2D eigenvalue weighted by molar-refractivity contribution is 0.0850. The van der Waals surface area contributed by atoms with E-state index < -0.39 is 0 Å². The lowest BCUT2D eigenvalue weighted by Crippen LogP contribution is -2.20. The summed E-state index contributed by atoms with van der Waals surface area (Å²) in [6.07, 6.45) is -0.0644. The molecule has 0 aromatic heterocycles. The van der Waals surface area contributed by atoms with Crippen molar-refractivity contribution in [3.8, 4) is 5.75 Å². The van der Waals surface area contributed by atoms with Crippen LogP contribution in [0.5, 0.6) is 5.75 Å². The standard InChI is InChI=1S/C15H10Cl2O2/c16-9-5-6-10(12(17)7-9)15-8-13(18)11-3-1-2-4-14(11)19-15/h1-7,15H,8H2. The van der Waals surface area contributed by atoms with Gasteiger partial charge < -0.3 is 4.74 Å². The minimum absolute atomic E-state index is 0.0675. The maximum atomic E-state index is 12.1. The van der Waals surface area contributed by atoms with Gasteiger partial charge in [-0.2, -0.15) is 0 Å². The van der Waals surface area contributed by atoms with Crippen molar-refractivity contribution in [1.82, 2.24) is 0 Å². The van der Waals surface area contributed by atoms with Crippen molar-refractivity contribution in [1.29, 1.82) is 0 Å². The Kier molecular flexibility index (Phi) is 3.21. The van der Waals surface area contributed by atoms with Crippen LogP contribution in [0.15, 0.2) is 42.5 Å². The number of halogens is 2. The average molecular weight is 293 g/mol. The maximum absolute atomic E-state index is 12.1. The Balaban J connectivity index is 1.99. The number of para-hydroxylation sites is 1. The lowest BCUT2D eigenvalue weighted by Gasteiger charge is -2.26. The fourth-order valence-electron chi connectivity index (χ4n) is 2.21. The zero-order valence-corrected chi connectivity index (χ0v) is 11.4. The number of carbonyl (C=O) groups excluding carboxylic acids is 1. The molecule has 0 aliphatic carbocycles. The van der Waals surface area contributed by atoms with Gasteiger partial charge in [-0.05, 0) is 24.3 Å². The van der Waals surface area contributed by atoms with Crippen molar-refractivity contribution < 1.29 is 9.53 Å². The zero-order chi connectivity index (χ0) is 13.4. The summed E-state index contributed by atoms with van der Waals surface area (Å²) in [4.78, 5) is 12.1. The van der Waals surface area contributed by atoms with Gasteiger partial charge in [0.1, 0.15) is 11.9 Å². The predicted molar refractivity (Wildman–Crippen MR) is 75.2 cm³/mol. The molecule has 2 aromatic rings. The minimum atomic E-state index is -0.354. The third-order valence-electron chi connectivity index (χ3n) is 3.14. The van der Waals surface area contributed by atoms with E-state index in [1.54, 1.807) is 30.3 Å². The molecule has 2 nitrogen and oxygen atoms in total. The van der Waals surface area contributed by atoms with E-state index in [0.717, 1.165) is 5.56 Å². The first-order chi connectivity index (χ1) is 9.15. The summed E-state index contributed by atoms with van der Waals surface area (Å²) < 4.78 is 5.86. The van der Waals surface area contributed by atoms with E-state index in [1.807, 2.05) is 12.1 Å². The van der Waals surface area contributed by atoms with Gasteiger partial charge in [-0.1, -0.05) is 41.4 Å². The first kappa shape index (κ1) is 12.5. The second-order valence-electron chi connectivity index (χ2n) is 4.40. The quantitative estimate of drug-likeness (QED) is 0.761. The molecule has 0 N–H and O–H groups in total. The van der Waals surface area contributed by atoms with Crippen LogP contribution >= 0.6 is 23.2 Å². The molecular weight excluding hydrogens is 283 g/mol. The molecule has 19 heavy (non-hydrogen) atoms. The summed E-state index contributed by atoms with van der Waals surface area (Å²) in [5, 5.41) is 1.08. The fourth-order valence-corrected chi connectivity index (χ4v) is 2.74. The van der Waals surface area contributed by atoms with E-state index in [2.05, 4.69) is 0 Å². The molecule has 0 amide bonds. The summed E-state index contributed by atoms with van der Waals surface area (Å²) in [5.41, 5.74) is 1.41. The van der Waals surface area contributed by atoms with E-state index in [-0.39, 0.29) is 11.9 Å². The van der Waals surface area contributed by atoms with Crippen LogP contribution in [-0.2, 0) is 0 Å². The van der Waals surface area contributed by atoms with E-state index in [4.69, 9.17) is 27.9 Å². The Morgan fingerprint density at radius 1 is 1.11 bits per heavy atom. The Bertz CT molecular complexity index is 652. The Labute approximate surface area is 120 Å². The second kappa shape index (κ2) is 4.87. The highest BCUT2D eigenvalue weighted by Gasteiger charge is 2.28. The second-order valence-corrected chi connectivity index (χ2v) is 5.24. The average Bonchev–Trinajstić information content (AvgIpc) is 2.38. The monoisotopic (exact) mass is 292 g/mol. The Hall–Kier alpha value is -1.51. The van der Waals surface area contributed by atoms with Gasteiger partial charge in [0.25, 0.3) is 0 Å². The molecule has 0 spiro atoms. The highest BCUT2D eigenvalue weighted by atomic mass is 35.5. The summed E-state index contributed by atoms with van der Waals surface area (Å²) >= 11 is 12.0. The van der Waals surface area contributed by atoms with Gasteiger partial charge in [0.15, 0.2) is 5.78 Å². The molecule has 1 unspecified atom stereocenters. The van der Waals surface area contributed by atoms with Crippen molar-refractivity contribution in [2.24, 2.45) is 0 Å². The third kappa shape index (κ3) is 2.34. The largest absolute Gasteiger partial charge is 0.484 e. The van der Waals surface area contributed by atoms with Gasteiger partial charge in [-0.25, -0.2) is 0 Å². The summed E-state index contributed by atoms with van der Waals surface area (Å²) in [6, 6.07) is 12.5. The van der Waals surface area contributed by atoms with Crippen molar-refractivity contribution in [2.45, 2.75) is 12.5 Å². The van der Waals surface area contributed by atoms with Crippen molar-refractivity contribution in [3.63, 3.8) is 0 Å². The molecule has 3 rings (SSSR count). The van der Waals surface area contributed by atoms with Crippen LogP contribution in [0.2, 0.25) is 10.0 Å². The first-order valence-electron chi connectivity index (χ1n) is 5.89. The van der Waals surface area contributed by atoms with Crippen molar-refractivity contribution in [3.05, 3.63) is 63.6 Å². The molecule has 0 saturated carbocycles. The number of fused-ring (bicyclic) bond motifs is 1. The van der Waals surface area contributed by atoms with Gasteiger partial charge in [-0.15, -0.1) is 0 Å². The first-order valence-corrected chi connectivity index (χ1v) is 6.64. The molecule has 0 saturated heterocycles. The zero-order valence-electron chi connectivity index (χ0n) is 9.90. The Morgan fingerprint density at radius 2 is 1.89 bits per heavy atom. The summed E-state index contributed by atoms with van der Waals surface area (Å²) in [6.45, 7) is 0. The van der Waals surface area contributed by atoms with Crippen LogP contribution in [-0.4, -0.2) is 5.78 Å². The van der Waals surface area contributed by atoms with Crippen LogP contribution in [0.3, 0.4) is 0 Å². The fraction of sp³-hybridized carbons (Fsp3) is 0.133. The number of carbonyl (C=O) groups is 1. The van der Waals surface area contributed by atoms with Crippen LogP contribution in [0.4, 0.5) is 0 Å². The van der Waals surface area contributed by atoms with Crippen LogP contribution in [0, 0.1) is 0 Å². The van der Waals surface area contributed by atoms with Gasteiger partial charge in [-0.3, -0.25) is 4.79 Å². The number of ketones is 1. The predicted octanol–water partition coefficient (Wildman–Crippen LogP) is 4.70. The van der Waals surface area contributed by atoms with Gasteiger partial charge >= 0.3 is 0 Å². The highest BCUT2D eigenvalue weighted by molar-refractivity contribution is 6.35. The molecule has 4 heteroatoms. The number of benzene rings is 2.